The first kappa shape index (κ1) is 19.4. The van der Waals surface area contributed by atoms with Gasteiger partial charge in [0.25, 0.3) is 5.91 Å². The molecule has 0 aliphatic carbocycles. The quantitative estimate of drug-likeness (QED) is 0.846. The summed E-state index contributed by atoms with van der Waals surface area (Å²) in [5.74, 6) is -1.73. The predicted octanol–water partition coefficient (Wildman–Crippen LogP) is 2.93. The van der Waals surface area contributed by atoms with Gasteiger partial charge in [-0.3, -0.25) is 9.59 Å². The van der Waals surface area contributed by atoms with Gasteiger partial charge in [-0.1, -0.05) is 23.7 Å². The van der Waals surface area contributed by atoms with Gasteiger partial charge in [-0.15, -0.1) is 0 Å². The van der Waals surface area contributed by atoms with E-state index in [0.29, 0.717) is 18.8 Å². The second-order valence-electron chi connectivity index (χ2n) is 6.65. The van der Waals surface area contributed by atoms with Crippen LogP contribution in [0.1, 0.15) is 35.6 Å². The number of nitrogens with zero attached hydrogens (tertiary/aromatic N) is 2. The Morgan fingerprint density at radius 3 is 2.74 bits per heavy atom. The van der Waals surface area contributed by atoms with Gasteiger partial charge in [0.15, 0.2) is 11.4 Å². The Morgan fingerprint density at radius 1 is 1.30 bits per heavy atom. The Labute approximate surface area is 160 Å². The van der Waals surface area contributed by atoms with Gasteiger partial charge in [0.1, 0.15) is 5.82 Å². The van der Waals surface area contributed by atoms with E-state index >= 15 is 0 Å². The second-order valence-corrected chi connectivity index (χ2v) is 7.06. The SMILES string of the molecule is CC(C)OCc1cc(=O)c(O)c2n1CCN(Cc1cccc(Cl)c1F)C2=O. The molecule has 3 rings (SSSR count). The van der Waals surface area contributed by atoms with Crippen molar-refractivity contribution in [2.75, 3.05) is 6.54 Å². The summed E-state index contributed by atoms with van der Waals surface area (Å²) in [4.78, 5) is 26.4. The van der Waals surface area contributed by atoms with E-state index in [1.807, 2.05) is 13.8 Å². The van der Waals surface area contributed by atoms with E-state index < -0.39 is 22.9 Å². The van der Waals surface area contributed by atoms with Gasteiger partial charge in [-0.05, 0) is 19.9 Å². The van der Waals surface area contributed by atoms with Crippen LogP contribution in [0.15, 0.2) is 29.1 Å². The third-order valence-corrected chi connectivity index (χ3v) is 4.70. The molecule has 1 aromatic carbocycles. The molecule has 1 aromatic heterocycles. The van der Waals surface area contributed by atoms with Crippen LogP contribution < -0.4 is 5.43 Å². The number of aromatic hydroxyl groups is 1. The first-order valence-corrected chi connectivity index (χ1v) is 8.96. The summed E-state index contributed by atoms with van der Waals surface area (Å²) in [6, 6.07) is 5.86. The maximum absolute atomic E-state index is 14.2. The highest BCUT2D eigenvalue weighted by molar-refractivity contribution is 6.30. The van der Waals surface area contributed by atoms with E-state index in [2.05, 4.69) is 0 Å². The summed E-state index contributed by atoms with van der Waals surface area (Å²) in [6.07, 6.45) is -0.0493. The fourth-order valence-electron chi connectivity index (χ4n) is 3.03. The molecule has 0 unspecified atom stereocenters. The van der Waals surface area contributed by atoms with Crippen LogP contribution in [0.5, 0.6) is 5.75 Å². The molecule has 1 amide bonds. The number of fused-ring (bicyclic) bond motifs is 1. The molecule has 1 N–H and O–H groups in total. The fourth-order valence-corrected chi connectivity index (χ4v) is 3.22. The van der Waals surface area contributed by atoms with Crippen molar-refractivity contribution in [2.24, 2.45) is 0 Å². The van der Waals surface area contributed by atoms with Crippen molar-refractivity contribution in [3.05, 3.63) is 62.3 Å². The lowest BCUT2D eigenvalue weighted by molar-refractivity contribution is 0.0565. The molecule has 0 bridgehead atoms. The predicted molar refractivity (Wildman–Crippen MR) is 98.4 cm³/mol. The highest BCUT2D eigenvalue weighted by Crippen LogP contribution is 2.25. The Balaban J connectivity index is 1.94. The molecule has 0 fully saturated rings. The van der Waals surface area contributed by atoms with E-state index in [-0.39, 0.29) is 35.5 Å². The third kappa shape index (κ3) is 3.84. The molecule has 144 valence electrons. The zero-order chi connectivity index (χ0) is 19.7. The van der Waals surface area contributed by atoms with Crippen molar-refractivity contribution in [2.45, 2.75) is 39.6 Å². The highest BCUT2D eigenvalue weighted by Gasteiger charge is 2.30. The number of rotatable bonds is 5. The van der Waals surface area contributed by atoms with Gasteiger partial charge in [0.05, 0.1) is 17.7 Å². The Morgan fingerprint density at radius 2 is 2.04 bits per heavy atom. The number of carbonyl (C=O) groups excluding carboxylic acids is 1. The molecule has 0 saturated heterocycles. The number of pyridine rings is 1. The minimum Gasteiger partial charge on any atom is -0.503 e. The first-order chi connectivity index (χ1) is 12.8. The van der Waals surface area contributed by atoms with E-state index in [0.717, 1.165) is 0 Å². The lowest BCUT2D eigenvalue weighted by Crippen LogP contribution is -2.42. The largest absolute Gasteiger partial charge is 0.503 e. The zero-order valence-electron chi connectivity index (χ0n) is 15.0. The van der Waals surface area contributed by atoms with Gasteiger partial charge in [-0.2, -0.15) is 0 Å². The topological polar surface area (TPSA) is 71.8 Å². The van der Waals surface area contributed by atoms with E-state index in [1.54, 1.807) is 16.7 Å². The van der Waals surface area contributed by atoms with E-state index in [4.69, 9.17) is 16.3 Å². The van der Waals surface area contributed by atoms with Crippen molar-refractivity contribution in [3.8, 4) is 5.75 Å². The molecule has 1 aliphatic rings. The molecule has 2 aromatic rings. The average Bonchev–Trinajstić information content (AvgIpc) is 2.62. The lowest BCUT2D eigenvalue weighted by atomic mass is 10.1. The van der Waals surface area contributed by atoms with Crippen LogP contribution in [0, 0.1) is 5.82 Å². The number of carbonyl (C=O) groups is 1. The number of ether oxygens (including phenoxy) is 1. The Bertz CT molecular complexity index is 942. The van der Waals surface area contributed by atoms with Crippen molar-refractivity contribution in [3.63, 3.8) is 0 Å². The van der Waals surface area contributed by atoms with Crippen LogP contribution >= 0.6 is 11.6 Å². The first-order valence-electron chi connectivity index (χ1n) is 8.59. The minimum absolute atomic E-state index is 0.00835. The maximum Gasteiger partial charge on any atom is 0.274 e. The molecule has 8 heteroatoms. The normalized spacial score (nSPS) is 14.0. The van der Waals surface area contributed by atoms with Crippen LogP contribution in [0.3, 0.4) is 0 Å². The number of hydrogen-bond acceptors (Lipinski definition) is 4. The number of benzene rings is 1. The van der Waals surface area contributed by atoms with Gasteiger partial charge in [0.2, 0.25) is 5.43 Å². The summed E-state index contributed by atoms with van der Waals surface area (Å²) in [5, 5.41) is 10.2. The maximum atomic E-state index is 14.2. The molecule has 0 atom stereocenters. The van der Waals surface area contributed by atoms with Gasteiger partial charge < -0.3 is 19.3 Å². The molecular formula is C19H20ClFN2O4. The van der Waals surface area contributed by atoms with Crippen molar-refractivity contribution in [1.29, 1.82) is 0 Å². The summed E-state index contributed by atoms with van der Waals surface area (Å²) < 4.78 is 21.3. The number of amides is 1. The zero-order valence-corrected chi connectivity index (χ0v) is 15.8. The summed E-state index contributed by atoms with van der Waals surface area (Å²) in [7, 11) is 0. The number of hydrogen-bond donors (Lipinski definition) is 1. The molecule has 2 heterocycles. The number of halogens is 2. The molecule has 0 saturated carbocycles. The van der Waals surface area contributed by atoms with Crippen LogP contribution in [-0.2, 0) is 24.4 Å². The monoisotopic (exact) mass is 394 g/mol. The summed E-state index contributed by atoms with van der Waals surface area (Å²) >= 11 is 5.80. The Kier molecular flexibility index (Phi) is 5.53. The molecular weight excluding hydrogens is 375 g/mol. The molecule has 1 aliphatic heterocycles. The van der Waals surface area contributed by atoms with Crippen molar-refractivity contribution >= 4 is 17.5 Å². The van der Waals surface area contributed by atoms with Crippen molar-refractivity contribution in [1.82, 2.24) is 9.47 Å². The van der Waals surface area contributed by atoms with Gasteiger partial charge in [0, 0.05) is 37.0 Å². The minimum atomic E-state index is -0.646. The smallest absolute Gasteiger partial charge is 0.274 e. The van der Waals surface area contributed by atoms with Crippen LogP contribution in [0.25, 0.3) is 0 Å². The molecule has 0 spiro atoms. The Hall–Kier alpha value is -2.38. The molecule has 27 heavy (non-hydrogen) atoms. The molecule has 0 radical (unpaired) electrons. The summed E-state index contributed by atoms with van der Waals surface area (Å²) in [5.41, 5.74) is 0.0418. The van der Waals surface area contributed by atoms with Gasteiger partial charge >= 0.3 is 0 Å². The molecule has 6 nitrogen and oxygen atoms in total. The van der Waals surface area contributed by atoms with Crippen molar-refractivity contribution < 1.29 is 19.0 Å². The van der Waals surface area contributed by atoms with Crippen LogP contribution in [-0.4, -0.2) is 33.1 Å². The van der Waals surface area contributed by atoms with E-state index in [9.17, 15) is 19.1 Å². The third-order valence-electron chi connectivity index (χ3n) is 4.41. The number of aromatic nitrogens is 1. The average molecular weight is 395 g/mol. The van der Waals surface area contributed by atoms with Gasteiger partial charge in [-0.25, -0.2) is 4.39 Å². The highest BCUT2D eigenvalue weighted by atomic mass is 35.5. The lowest BCUT2D eigenvalue weighted by Gasteiger charge is -2.32. The fraction of sp³-hybridized carbons (Fsp3) is 0.368. The van der Waals surface area contributed by atoms with Crippen LogP contribution in [0.4, 0.5) is 4.39 Å². The second kappa shape index (κ2) is 7.70. The van der Waals surface area contributed by atoms with E-state index in [1.165, 1.54) is 17.0 Å². The van der Waals surface area contributed by atoms with Crippen LogP contribution in [0.2, 0.25) is 5.02 Å². The standard InChI is InChI=1S/C19H20ClFN2O4/c1-11(2)27-10-13-8-15(24)18(25)17-19(26)22(6-7-23(13)17)9-12-4-3-5-14(20)16(12)21/h3-5,8,11,25H,6-7,9-10H2,1-2H3. The summed E-state index contributed by atoms with van der Waals surface area (Å²) in [6.45, 7) is 4.52.